The van der Waals surface area contributed by atoms with Crippen molar-refractivity contribution in [2.45, 2.75) is 11.8 Å². The quantitative estimate of drug-likeness (QED) is 0.647. The van der Waals surface area contributed by atoms with E-state index in [1.54, 1.807) is 12.1 Å². The Morgan fingerprint density at radius 2 is 1.80 bits per heavy atom. The first kappa shape index (κ1) is 19.8. The summed E-state index contributed by atoms with van der Waals surface area (Å²) in [5.74, 6) is 0.203. The zero-order chi connectivity index (χ0) is 18.2. The zero-order valence-electron chi connectivity index (χ0n) is 13.5. The van der Waals surface area contributed by atoms with Gasteiger partial charge in [0.2, 0.25) is 5.91 Å². The Hall–Kier alpha value is -1.50. The normalized spacial score (nSPS) is 11.6. The molecule has 0 bridgehead atoms. The maximum absolute atomic E-state index is 12.2. The molecule has 2 rings (SSSR count). The second-order valence-corrected chi connectivity index (χ2v) is 7.53. The van der Waals surface area contributed by atoms with Gasteiger partial charge in [-0.2, -0.15) is 0 Å². The van der Waals surface area contributed by atoms with E-state index in [4.69, 9.17) is 16.3 Å². The first-order valence-corrected chi connectivity index (χ1v) is 9.77. The summed E-state index contributed by atoms with van der Waals surface area (Å²) in [6.07, 6.45) is 0. The SMILES string of the molecule is COC(=O)C(NC(=O)CSCc1ccc(Cl)cc1)c1ccc(Br)cc1. The number of carbonyl (C=O) groups excluding carboxylic acids is 2. The fraction of sp³-hybridized carbons (Fsp3) is 0.222. The summed E-state index contributed by atoms with van der Waals surface area (Å²) in [5, 5.41) is 3.41. The van der Waals surface area contributed by atoms with Crippen molar-refractivity contribution in [2.75, 3.05) is 12.9 Å². The molecule has 0 aliphatic rings. The van der Waals surface area contributed by atoms with Crippen molar-refractivity contribution in [3.63, 3.8) is 0 Å². The van der Waals surface area contributed by atoms with Gasteiger partial charge >= 0.3 is 5.97 Å². The standard InChI is InChI=1S/C18H17BrClNO3S/c1-24-18(23)17(13-4-6-14(19)7-5-13)21-16(22)11-25-10-12-2-8-15(20)9-3-12/h2-9,17H,10-11H2,1H3,(H,21,22). The number of benzene rings is 2. The summed E-state index contributed by atoms with van der Waals surface area (Å²) in [7, 11) is 1.30. The van der Waals surface area contributed by atoms with E-state index in [2.05, 4.69) is 21.2 Å². The van der Waals surface area contributed by atoms with Crippen molar-refractivity contribution < 1.29 is 14.3 Å². The molecule has 1 atom stereocenters. The van der Waals surface area contributed by atoms with Crippen LogP contribution in [-0.4, -0.2) is 24.7 Å². The van der Waals surface area contributed by atoms with Crippen LogP contribution in [0.3, 0.4) is 0 Å². The Labute approximate surface area is 164 Å². The van der Waals surface area contributed by atoms with Crippen LogP contribution in [0.4, 0.5) is 0 Å². The third kappa shape index (κ3) is 6.38. The number of amides is 1. The minimum absolute atomic E-state index is 0.225. The van der Waals surface area contributed by atoms with Crippen molar-refractivity contribution in [3.05, 3.63) is 69.2 Å². The van der Waals surface area contributed by atoms with E-state index in [9.17, 15) is 9.59 Å². The molecule has 1 amide bonds. The molecule has 2 aromatic rings. The molecule has 132 valence electrons. The summed E-state index contributed by atoms with van der Waals surface area (Å²) < 4.78 is 5.69. The largest absolute Gasteiger partial charge is 0.467 e. The van der Waals surface area contributed by atoms with Crippen molar-refractivity contribution in [1.29, 1.82) is 0 Å². The van der Waals surface area contributed by atoms with E-state index in [1.165, 1.54) is 18.9 Å². The molecule has 7 heteroatoms. The van der Waals surface area contributed by atoms with Gasteiger partial charge in [-0.25, -0.2) is 4.79 Å². The van der Waals surface area contributed by atoms with Crippen LogP contribution in [0.1, 0.15) is 17.2 Å². The van der Waals surface area contributed by atoms with E-state index in [0.29, 0.717) is 16.3 Å². The Morgan fingerprint density at radius 3 is 2.40 bits per heavy atom. The highest BCUT2D eigenvalue weighted by Gasteiger charge is 2.23. The van der Waals surface area contributed by atoms with Gasteiger partial charge in [-0.15, -0.1) is 11.8 Å². The highest BCUT2D eigenvalue weighted by Crippen LogP contribution is 2.19. The Morgan fingerprint density at radius 1 is 1.16 bits per heavy atom. The lowest BCUT2D eigenvalue weighted by molar-refractivity contribution is -0.145. The van der Waals surface area contributed by atoms with Crippen LogP contribution in [0.15, 0.2) is 53.0 Å². The van der Waals surface area contributed by atoms with Crippen LogP contribution in [-0.2, 0) is 20.1 Å². The Kier molecular flexibility index (Phi) is 7.81. The van der Waals surface area contributed by atoms with Crippen molar-refractivity contribution in [3.8, 4) is 0 Å². The van der Waals surface area contributed by atoms with Crippen molar-refractivity contribution in [2.24, 2.45) is 0 Å². The molecule has 0 saturated carbocycles. The molecular weight excluding hydrogens is 426 g/mol. The van der Waals surface area contributed by atoms with Crippen LogP contribution in [0, 0.1) is 0 Å². The van der Waals surface area contributed by atoms with E-state index in [-0.39, 0.29) is 11.7 Å². The van der Waals surface area contributed by atoms with Gasteiger partial charge in [0.05, 0.1) is 12.9 Å². The molecule has 0 aliphatic carbocycles. The zero-order valence-corrected chi connectivity index (χ0v) is 16.7. The molecule has 0 saturated heterocycles. The van der Waals surface area contributed by atoms with Gasteiger partial charge in [-0.3, -0.25) is 4.79 Å². The lowest BCUT2D eigenvalue weighted by atomic mass is 10.1. The number of carbonyl (C=O) groups is 2. The number of thioether (sulfide) groups is 1. The molecule has 0 radical (unpaired) electrons. The Balaban J connectivity index is 1.91. The molecular formula is C18H17BrClNO3S. The lowest BCUT2D eigenvalue weighted by Gasteiger charge is -2.17. The monoisotopic (exact) mass is 441 g/mol. The van der Waals surface area contributed by atoms with Gasteiger partial charge in [0.25, 0.3) is 0 Å². The third-order valence-corrected chi connectivity index (χ3v) is 5.15. The van der Waals surface area contributed by atoms with Gasteiger partial charge in [0, 0.05) is 15.2 Å². The molecule has 2 aromatic carbocycles. The number of ether oxygens (including phenoxy) is 1. The fourth-order valence-corrected chi connectivity index (χ4v) is 3.29. The van der Waals surface area contributed by atoms with Crippen LogP contribution in [0.2, 0.25) is 5.02 Å². The van der Waals surface area contributed by atoms with Crippen LogP contribution in [0.5, 0.6) is 0 Å². The summed E-state index contributed by atoms with van der Waals surface area (Å²) in [5.41, 5.74) is 1.76. The highest BCUT2D eigenvalue weighted by atomic mass is 79.9. The van der Waals surface area contributed by atoms with Crippen molar-refractivity contribution in [1.82, 2.24) is 5.32 Å². The van der Waals surface area contributed by atoms with E-state index >= 15 is 0 Å². The molecule has 0 aromatic heterocycles. The number of esters is 1. The second kappa shape index (κ2) is 9.85. The number of hydrogen-bond acceptors (Lipinski definition) is 4. The molecule has 0 spiro atoms. The smallest absolute Gasteiger partial charge is 0.333 e. The van der Waals surface area contributed by atoms with Crippen LogP contribution >= 0.6 is 39.3 Å². The van der Waals surface area contributed by atoms with E-state index < -0.39 is 12.0 Å². The topological polar surface area (TPSA) is 55.4 Å². The summed E-state index contributed by atoms with van der Waals surface area (Å²) in [6, 6.07) is 13.8. The van der Waals surface area contributed by atoms with Crippen LogP contribution < -0.4 is 5.32 Å². The summed E-state index contributed by atoms with van der Waals surface area (Å²) in [6.45, 7) is 0. The van der Waals surface area contributed by atoms with E-state index in [0.717, 1.165) is 10.0 Å². The second-order valence-electron chi connectivity index (χ2n) is 5.19. The lowest BCUT2D eigenvalue weighted by Crippen LogP contribution is -2.35. The highest BCUT2D eigenvalue weighted by molar-refractivity contribution is 9.10. The number of methoxy groups -OCH3 is 1. The number of nitrogens with one attached hydrogen (secondary N) is 1. The fourth-order valence-electron chi connectivity index (χ4n) is 2.10. The van der Waals surface area contributed by atoms with Gasteiger partial charge in [-0.05, 0) is 35.4 Å². The van der Waals surface area contributed by atoms with Gasteiger partial charge in [0.15, 0.2) is 6.04 Å². The molecule has 4 nitrogen and oxygen atoms in total. The van der Waals surface area contributed by atoms with Gasteiger partial charge in [0.1, 0.15) is 0 Å². The molecule has 1 N–H and O–H groups in total. The average Bonchev–Trinajstić information content (AvgIpc) is 2.61. The molecule has 0 fully saturated rings. The predicted octanol–water partition coefficient (Wildman–Crippen LogP) is 4.37. The number of hydrogen-bond donors (Lipinski definition) is 1. The van der Waals surface area contributed by atoms with Crippen LogP contribution in [0.25, 0.3) is 0 Å². The molecule has 0 heterocycles. The minimum Gasteiger partial charge on any atom is -0.467 e. The molecule has 1 unspecified atom stereocenters. The number of halogens is 2. The minimum atomic E-state index is -0.818. The maximum Gasteiger partial charge on any atom is 0.333 e. The first-order valence-electron chi connectivity index (χ1n) is 7.44. The molecule has 25 heavy (non-hydrogen) atoms. The number of rotatable bonds is 7. The van der Waals surface area contributed by atoms with Gasteiger partial charge < -0.3 is 10.1 Å². The Bertz CT molecular complexity index is 722. The summed E-state index contributed by atoms with van der Waals surface area (Å²) in [4.78, 5) is 24.2. The van der Waals surface area contributed by atoms with E-state index in [1.807, 2.05) is 36.4 Å². The first-order chi connectivity index (χ1) is 12.0. The summed E-state index contributed by atoms with van der Waals surface area (Å²) >= 11 is 10.7. The van der Waals surface area contributed by atoms with Gasteiger partial charge in [-0.1, -0.05) is 51.8 Å². The predicted molar refractivity (Wildman–Crippen MR) is 105 cm³/mol. The maximum atomic E-state index is 12.2. The average molecular weight is 443 g/mol. The molecule has 0 aliphatic heterocycles. The third-order valence-electron chi connectivity index (χ3n) is 3.36. The van der Waals surface area contributed by atoms with Crippen molar-refractivity contribution >= 4 is 51.2 Å².